The number of urea groups is 1. The molecule has 0 saturated heterocycles. The summed E-state index contributed by atoms with van der Waals surface area (Å²) in [5.41, 5.74) is 17.9. The van der Waals surface area contributed by atoms with Crippen LogP contribution in [0.2, 0.25) is 0 Å². The van der Waals surface area contributed by atoms with Crippen LogP contribution in [0.25, 0.3) is 10.4 Å². The van der Waals surface area contributed by atoms with Gasteiger partial charge in [0.1, 0.15) is 29.1 Å². The predicted octanol–water partition coefficient (Wildman–Crippen LogP) is 2.44. The summed E-state index contributed by atoms with van der Waals surface area (Å²) in [7, 11) is 0. The van der Waals surface area contributed by atoms with Gasteiger partial charge in [0.2, 0.25) is 0 Å². The van der Waals surface area contributed by atoms with Crippen molar-refractivity contribution in [1.29, 1.82) is 0 Å². The van der Waals surface area contributed by atoms with E-state index in [4.69, 9.17) is 26.7 Å². The number of nitrogens with two attached hydrogens (primary N) is 3. The number of ether oxygens (including phenoxy) is 2. The maximum absolute atomic E-state index is 12.0. The van der Waals surface area contributed by atoms with Gasteiger partial charge in [-0.1, -0.05) is 0 Å². The first-order valence-corrected chi connectivity index (χ1v) is 11.0. The number of hydrogen-bond donors (Lipinski definition) is 5. The smallest absolute Gasteiger partial charge is 0.323 e. The van der Waals surface area contributed by atoms with Gasteiger partial charge >= 0.3 is 12.0 Å². The Balaban J connectivity index is 1.53. The number of esters is 1. The fourth-order valence-electron chi connectivity index (χ4n) is 3.37. The van der Waals surface area contributed by atoms with Crippen LogP contribution in [0, 0.1) is 0 Å². The van der Waals surface area contributed by atoms with E-state index in [1.54, 1.807) is 18.2 Å². The monoisotopic (exact) mass is 448 g/mol. The van der Waals surface area contributed by atoms with Crippen LogP contribution in [0.1, 0.15) is 43.9 Å². The quantitative estimate of drug-likeness (QED) is 0.290. The van der Waals surface area contributed by atoms with E-state index in [9.17, 15) is 14.7 Å². The van der Waals surface area contributed by atoms with Gasteiger partial charge in [-0.25, -0.2) is 4.79 Å². The number of nitrogens with one attached hydrogen (secondary N) is 1. The molecule has 2 aromatic rings. The lowest BCUT2D eigenvalue weighted by Gasteiger charge is -2.16. The highest BCUT2D eigenvalue weighted by molar-refractivity contribution is 7.19. The molecule has 31 heavy (non-hydrogen) atoms. The van der Waals surface area contributed by atoms with Gasteiger partial charge in [-0.3, -0.25) is 10.1 Å². The van der Waals surface area contributed by atoms with Crippen molar-refractivity contribution in [3.63, 3.8) is 0 Å². The van der Waals surface area contributed by atoms with Crippen molar-refractivity contribution in [3.05, 3.63) is 35.9 Å². The van der Waals surface area contributed by atoms with Crippen LogP contribution in [0.4, 0.5) is 9.80 Å². The lowest BCUT2D eigenvalue weighted by atomic mass is 10.1. The lowest BCUT2D eigenvalue weighted by molar-refractivity contribution is -0.150. The SMILES string of the molecule is NC(=O)Nc1sc(-c2ccc(OCC[C@H](N)C(=O)OC3CCCC3)cc2)cc1C(N)O. The molecule has 0 aliphatic heterocycles. The predicted molar refractivity (Wildman–Crippen MR) is 119 cm³/mol. The van der Waals surface area contributed by atoms with E-state index in [1.807, 2.05) is 12.1 Å². The molecule has 0 spiro atoms. The van der Waals surface area contributed by atoms with Crippen LogP contribution in [0.3, 0.4) is 0 Å². The first-order chi connectivity index (χ1) is 14.8. The molecule has 1 aliphatic rings. The van der Waals surface area contributed by atoms with E-state index < -0.39 is 18.3 Å². The van der Waals surface area contributed by atoms with Gasteiger partial charge in [-0.2, -0.15) is 0 Å². The maximum Gasteiger partial charge on any atom is 0.323 e. The van der Waals surface area contributed by atoms with Crippen molar-refractivity contribution >= 4 is 28.3 Å². The number of anilines is 1. The molecule has 9 nitrogen and oxygen atoms in total. The highest BCUT2D eigenvalue weighted by Gasteiger charge is 2.23. The number of carbonyl (C=O) groups is 2. The molecule has 1 aliphatic carbocycles. The van der Waals surface area contributed by atoms with E-state index in [0.29, 0.717) is 22.7 Å². The Morgan fingerprint density at radius 1 is 1.19 bits per heavy atom. The second-order valence-electron chi connectivity index (χ2n) is 7.44. The van der Waals surface area contributed by atoms with Crippen molar-refractivity contribution in [1.82, 2.24) is 0 Å². The zero-order chi connectivity index (χ0) is 22.4. The highest BCUT2D eigenvalue weighted by atomic mass is 32.1. The van der Waals surface area contributed by atoms with Crippen LogP contribution in [0.5, 0.6) is 5.75 Å². The Bertz CT molecular complexity index is 894. The second-order valence-corrected chi connectivity index (χ2v) is 8.49. The number of rotatable bonds is 9. The van der Waals surface area contributed by atoms with Crippen LogP contribution in [-0.4, -0.2) is 35.9 Å². The van der Waals surface area contributed by atoms with Crippen LogP contribution in [-0.2, 0) is 9.53 Å². The lowest BCUT2D eigenvalue weighted by Crippen LogP contribution is -2.35. The number of amides is 2. The maximum atomic E-state index is 12.0. The van der Waals surface area contributed by atoms with E-state index >= 15 is 0 Å². The summed E-state index contributed by atoms with van der Waals surface area (Å²) in [5.74, 6) is 0.257. The van der Waals surface area contributed by atoms with Crippen molar-refractivity contribution in [2.75, 3.05) is 11.9 Å². The van der Waals surface area contributed by atoms with Gasteiger partial charge in [-0.05, 0) is 61.6 Å². The minimum absolute atomic E-state index is 0.00357. The second kappa shape index (κ2) is 10.6. The van der Waals surface area contributed by atoms with E-state index in [2.05, 4.69) is 5.32 Å². The number of benzene rings is 1. The number of aliphatic hydroxyl groups is 1. The topological polar surface area (TPSA) is 163 Å². The third kappa shape index (κ3) is 6.41. The molecule has 1 saturated carbocycles. The molecular formula is C21H28N4O5S. The van der Waals surface area contributed by atoms with Crippen molar-refractivity contribution in [2.24, 2.45) is 17.2 Å². The minimum Gasteiger partial charge on any atom is -0.494 e. The largest absolute Gasteiger partial charge is 0.494 e. The summed E-state index contributed by atoms with van der Waals surface area (Å²) in [6, 6.07) is 7.53. The van der Waals surface area contributed by atoms with Crippen molar-refractivity contribution < 1.29 is 24.2 Å². The summed E-state index contributed by atoms with van der Waals surface area (Å²) in [6.45, 7) is 0.287. The zero-order valence-electron chi connectivity index (χ0n) is 17.1. The Morgan fingerprint density at radius 3 is 2.48 bits per heavy atom. The van der Waals surface area contributed by atoms with Gasteiger partial charge in [0.05, 0.1) is 6.61 Å². The van der Waals surface area contributed by atoms with Gasteiger partial charge in [0.25, 0.3) is 0 Å². The van der Waals surface area contributed by atoms with Crippen LogP contribution >= 0.6 is 11.3 Å². The van der Waals surface area contributed by atoms with Crippen LogP contribution < -0.4 is 27.3 Å². The molecule has 2 amide bonds. The summed E-state index contributed by atoms with van der Waals surface area (Å²) >= 11 is 1.25. The van der Waals surface area contributed by atoms with Crippen molar-refractivity contribution in [2.45, 2.75) is 50.5 Å². The van der Waals surface area contributed by atoms with Gasteiger partial charge in [0.15, 0.2) is 0 Å². The Morgan fingerprint density at radius 2 is 1.87 bits per heavy atom. The van der Waals surface area contributed by atoms with Gasteiger partial charge in [0, 0.05) is 16.9 Å². The molecule has 1 fully saturated rings. The molecule has 168 valence electrons. The molecule has 1 aromatic carbocycles. The molecule has 1 unspecified atom stereocenters. The average molecular weight is 449 g/mol. The van der Waals surface area contributed by atoms with Gasteiger partial charge in [-0.15, -0.1) is 11.3 Å². The molecule has 3 rings (SSSR count). The normalized spacial score (nSPS) is 16.0. The minimum atomic E-state index is -1.24. The van der Waals surface area contributed by atoms with E-state index in [1.165, 1.54) is 11.3 Å². The molecule has 0 bridgehead atoms. The molecule has 0 radical (unpaired) electrons. The molecule has 10 heteroatoms. The first kappa shape index (κ1) is 23.0. The molecule has 1 aromatic heterocycles. The number of thiophene rings is 1. The average Bonchev–Trinajstić information content (AvgIpc) is 3.38. The Kier molecular flexibility index (Phi) is 7.85. The number of carbonyl (C=O) groups excluding carboxylic acids is 2. The first-order valence-electron chi connectivity index (χ1n) is 10.2. The number of hydrogen-bond acceptors (Lipinski definition) is 8. The van der Waals surface area contributed by atoms with E-state index in [-0.39, 0.29) is 18.7 Å². The third-order valence-electron chi connectivity index (χ3n) is 5.04. The summed E-state index contributed by atoms with van der Waals surface area (Å²) < 4.78 is 11.1. The summed E-state index contributed by atoms with van der Waals surface area (Å²) in [6.07, 6.45) is 3.14. The van der Waals surface area contributed by atoms with Crippen LogP contribution in [0.15, 0.2) is 30.3 Å². The molecular weight excluding hydrogens is 420 g/mol. The fourth-order valence-corrected chi connectivity index (χ4v) is 4.48. The highest BCUT2D eigenvalue weighted by Crippen LogP contribution is 2.37. The number of aliphatic hydroxyl groups excluding tert-OH is 1. The molecule has 2 atom stereocenters. The fraction of sp³-hybridized carbons (Fsp3) is 0.429. The summed E-state index contributed by atoms with van der Waals surface area (Å²) in [4.78, 5) is 24.0. The zero-order valence-corrected chi connectivity index (χ0v) is 17.9. The van der Waals surface area contributed by atoms with Gasteiger partial charge < -0.3 is 31.8 Å². The molecule has 8 N–H and O–H groups in total. The van der Waals surface area contributed by atoms with E-state index in [0.717, 1.165) is 36.1 Å². The van der Waals surface area contributed by atoms with Crippen molar-refractivity contribution in [3.8, 4) is 16.2 Å². The molecule has 1 heterocycles. The number of primary amides is 1. The standard InChI is InChI=1S/C21H28N4O5S/c22-16(20(27)30-14-3-1-2-4-14)9-10-29-13-7-5-12(6-8-13)17-11-15(18(23)26)19(31-17)25-21(24)28/h5-8,11,14,16,18,26H,1-4,9-10,22-23H2,(H3,24,25,28)/t16-,18?/m0/s1. The Labute approximate surface area is 184 Å². The third-order valence-corrected chi connectivity index (χ3v) is 6.16. The summed E-state index contributed by atoms with van der Waals surface area (Å²) in [5, 5.41) is 12.6. The Hall–Kier alpha value is -2.66.